The summed E-state index contributed by atoms with van der Waals surface area (Å²) in [5, 5.41) is 17.2. The van der Waals surface area contributed by atoms with E-state index >= 15 is 0 Å². The average molecular weight is 566 g/mol. The van der Waals surface area contributed by atoms with Crippen LogP contribution in [0.15, 0.2) is 49.1 Å². The molecule has 0 spiro atoms. The van der Waals surface area contributed by atoms with Crippen molar-refractivity contribution >= 4 is 23.5 Å². The second-order valence-electron chi connectivity index (χ2n) is 8.46. The fourth-order valence-electron chi connectivity index (χ4n) is 3.91. The number of aliphatic carboxylic acids is 2. The van der Waals surface area contributed by atoms with Crippen molar-refractivity contribution < 1.29 is 55.7 Å². The molecule has 2 saturated heterocycles. The number of halogens is 6. The van der Waals surface area contributed by atoms with Gasteiger partial charge in [-0.3, -0.25) is 19.7 Å². The van der Waals surface area contributed by atoms with Crippen LogP contribution in [0.1, 0.15) is 5.56 Å². The van der Waals surface area contributed by atoms with Gasteiger partial charge in [-0.2, -0.15) is 26.3 Å². The number of hydrogen-bond donors (Lipinski definition) is 3. The first-order valence-electron chi connectivity index (χ1n) is 11.2. The van der Waals surface area contributed by atoms with Gasteiger partial charge in [-0.1, -0.05) is 6.07 Å². The molecule has 2 aliphatic rings. The molecule has 3 N–H and O–H groups in total. The Morgan fingerprint density at radius 2 is 1.49 bits per heavy atom. The zero-order valence-electron chi connectivity index (χ0n) is 20.0. The summed E-state index contributed by atoms with van der Waals surface area (Å²) in [7, 11) is 0. The lowest BCUT2D eigenvalue weighted by Gasteiger charge is -2.32. The highest BCUT2D eigenvalue weighted by atomic mass is 19.4. The summed E-state index contributed by atoms with van der Waals surface area (Å²) in [5.41, 5.74) is 1.94. The van der Waals surface area contributed by atoms with Gasteiger partial charge in [0, 0.05) is 38.2 Å². The molecule has 2 aromatic rings. The van der Waals surface area contributed by atoms with Crippen LogP contribution in [-0.4, -0.2) is 81.6 Å². The summed E-state index contributed by atoms with van der Waals surface area (Å²) in [6.45, 7) is 4.00. The summed E-state index contributed by atoms with van der Waals surface area (Å²) in [4.78, 5) is 41.2. The maximum Gasteiger partial charge on any atom is 0.490 e. The molecule has 3 atom stereocenters. The molecule has 0 unspecified atom stereocenters. The Kier molecular flexibility index (Phi) is 11.2. The number of carboxylic acid groups (broad SMARTS) is 2. The lowest BCUT2D eigenvalue weighted by atomic mass is 9.82. The Morgan fingerprint density at radius 3 is 1.97 bits per heavy atom. The predicted octanol–water partition coefficient (Wildman–Crippen LogP) is 3.08. The van der Waals surface area contributed by atoms with Crippen LogP contribution in [0.25, 0.3) is 0 Å². The molecule has 4 rings (SSSR count). The molecule has 0 saturated carbocycles. The molecule has 0 bridgehead atoms. The van der Waals surface area contributed by atoms with E-state index in [9.17, 15) is 31.1 Å². The zero-order valence-corrected chi connectivity index (χ0v) is 20.0. The van der Waals surface area contributed by atoms with Gasteiger partial charge in [-0.15, -0.1) is 0 Å². The van der Waals surface area contributed by atoms with E-state index in [1.165, 1.54) is 5.56 Å². The van der Waals surface area contributed by atoms with Crippen LogP contribution < -0.4 is 5.32 Å². The summed E-state index contributed by atoms with van der Waals surface area (Å²) >= 11 is 0. The largest absolute Gasteiger partial charge is 0.490 e. The highest BCUT2D eigenvalue weighted by Crippen LogP contribution is 2.35. The maximum atomic E-state index is 12.7. The topological polar surface area (TPSA) is 142 Å². The lowest BCUT2D eigenvalue weighted by molar-refractivity contribution is -0.193. The average Bonchev–Trinajstić information content (AvgIpc) is 3.27. The second kappa shape index (κ2) is 13.8. The molecule has 2 fully saturated rings. The molecule has 0 radical (unpaired) electrons. The number of likely N-dealkylation sites (tertiary alicyclic amines) is 1. The van der Waals surface area contributed by atoms with E-state index in [2.05, 4.69) is 26.3 Å². The maximum absolute atomic E-state index is 12.7. The Balaban J connectivity index is 0.000000317. The van der Waals surface area contributed by atoms with Gasteiger partial charge in [-0.05, 0) is 35.6 Å². The van der Waals surface area contributed by atoms with Crippen LogP contribution in [0, 0.1) is 17.8 Å². The van der Waals surface area contributed by atoms with Crippen LogP contribution >= 0.6 is 0 Å². The van der Waals surface area contributed by atoms with Gasteiger partial charge >= 0.3 is 24.3 Å². The van der Waals surface area contributed by atoms with Crippen LogP contribution in [0.3, 0.4) is 0 Å². The van der Waals surface area contributed by atoms with Gasteiger partial charge in [-0.25, -0.2) is 9.59 Å². The molecule has 2 aliphatic heterocycles. The molecule has 0 aromatic carbocycles. The van der Waals surface area contributed by atoms with Gasteiger partial charge < -0.3 is 20.3 Å². The number of anilines is 1. The SMILES string of the molecule is O=C(Nc1cccnc1)[C@@H]1COC[C@H]2CN(Cc3cccnc3)C[C@H]21.O=C(O)C(F)(F)F.O=C(O)C(F)(F)F. The quantitative estimate of drug-likeness (QED) is 0.476. The Hall–Kier alpha value is -3.79. The molecular formula is C23H24F6N4O6. The van der Waals surface area contributed by atoms with E-state index < -0.39 is 24.3 Å². The van der Waals surface area contributed by atoms with Gasteiger partial charge in [0.25, 0.3) is 0 Å². The number of nitrogens with zero attached hydrogens (tertiary/aromatic N) is 3. The van der Waals surface area contributed by atoms with E-state index in [0.29, 0.717) is 18.4 Å². The predicted molar refractivity (Wildman–Crippen MR) is 121 cm³/mol. The number of carbonyl (C=O) groups excluding carboxylic acids is 1. The monoisotopic (exact) mass is 566 g/mol. The first-order chi connectivity index (χ1) is 18.2. The van der Waals surface area contributed by atoms with Crippen LogP contribution in [0.5, 0.6) is 0 Å². The van der Waals surface area contributed by atoms with Crippen molar-refractivity contribution in [1.29, 1.82) is 0 Å². The number of amides is 1. The molecular weight excluding hydrogens is 542 g/mol. The number of carbonyl (C=O) groups is 3. The van der Waals surface area contributed by atoms with Crippen molar-refractivity contribution in [2.45, 2.75) is 18.9 Å². The third-order valence-electron chi connectivity index (χ3n) is 5.59. The van der Waals surface area contributed by atoms with Crippen molar-refractivity contribution in [3.63, 3.8) is 0 Å². The van der Waals surface area contributed by atoms with Gasteiger partial charge in [0.2, 0.25) is 5.91 Å². The second-order valence-corrected chi connectivity index (χ2v) is 8.46. The third kappa shape index (κ3) is 10.5. The Bertz CT molecular complexity index is 1060. The van der Waals surface area contributed by atoms with Crippen molar-refractivity contribution in [2.75, 3.05) is 31.6 Å². The van der Waals surface area contributed by atoms with E-state index in [0.717, 1.165) is 31.9 Å². The minimum atomic E-state index is -5.08. The fraction of sp³-hybridized carbons (Fsp3) is 0.435. The van der Waals surface area contributed by atoms with Crippen LogP contribution in [-0.2, 0) is 25.7 Å². The number of pyridine rings is 2. The Morgan fingerprint density at radius 1 is 0.923 bits per heavy atom. The number of ether oxygens (including phenoxy) is 1. The molecule has 2 aromatic heterocycles. The summed E-state index contributed by atoms with van der Waals surface area (Å²) < 4.78 is 69.2. The highest BCUT2D eigenvalue weighted by molar-refractivity contribution is 5.92. The van der Waals surface area contributed by atoms with E-state index in [4.69, 9.17) is 24.5 Å². The number of rotatable bonds is 4. The third-order valence-corrected chi connectivity index (χ3v) is 5.59. The van der Waals surface area contributed by atoms with Gasteiger partial charge in [0.15, 0.2) is 0 Å². The summed E-state index contributed by atoms with van der Waals surface area (Å²) in [6, 6.07) is 7.74. The zero-order chi connectivity index (χ0) is 29.2. The van der Waals surface area contributed by atoms with Gasteiger partial charge in [0.05, 0.1) is 31.0 Å². The van der Waals surface area contributed by atoms with Gasteiger partial charge in [0.1, 0.15) is 0 Å². The molecule has 16 heteroatoms. The Labute approximate surface area is 217 Å². The van der Waals surface area contributed by atoms with E-state index in [-0.39, 0.29) is 11.8 Å². The van der Waals surface area contributed by atoms with E-state index in [1.807, 2.05) is 24.4 Å². The summed E-state index contributed by atoms with van der Waals surface area (Å²) in [6.07, 6.45) is -3.10. The summed E-state index contributed by atoms with van der Waals surface area (Å²) in [5.74, 6) is -4.85. The van der Waals surface area contributed by atoms with Crippen LogP contribution in [0.2, 0.25) is 0 Å². The molecule has 214 valence electrons. The number of nitrogens with one attached hydrogen (secondary N) is 1. The van der Waals surface area contributed by atoms with Crippen molar-refractivity contribution in [1.82, 2.24) is 14.9 Å². The van der Waals surface area contributed by atoms with Crippen molar-refractivity contribution in [3.05, 3.63) is 54.6 Å². The molecule has 4 heterocycles. The first kappa shape index (κ1) is 31.4. The van der Waals surface area contributed by atoms with E-state index in [1.54, 1.807) is 18.6 Å². The number of hydrogen-bond acceptors (Lipinski definition) is 7. The minimum Gasteiger partial charge on any atom is -0.475 e. The number of carboxylic acids is 2. The highest BCUT2D eigenvalue weighted by Gasteiger charge is 2.44. The van der Waals surface area contributed by atoms with Crippen molar-refractivity contribution in [3.8, 4) is 0 Å². The molecule has 10 nitrogen and oxygen atoms in total. The smallest absolute Gasteiger partial charge is 0.475 e. The molecule has 39 heavy (non-hydrogen) atoms. The number of aromatic nitrogens is 2. The molecule has 1 amide bonds. The standard InChI is InChI=1S/C19H22N4O2.2C2HF3O2/c24-19(22-16-4-2-6-21-8-16)18-13-25-12-15-10-23(11-17(15)18)9-14-3-1-5-20-7-14;2*3-2(4,5)1(6)7/h1-8,15,17-18H,9-13H2,(H,22,24);2*(H,6,7)/t15-,17-,18-;;/m1../s1. The van der Waals surface area contributed by atoms with Crippen LogP contribution in [0.4, 0.5) is 32.0 Å². The lowest BCUT2D eigenvalue weighted by Crippen LogP contribution is -2.41. The normalized spacial score (nSPS) is 20.8. The van der Waals surface area contributed by atoms with Crippen molar-refractivity contribution in [2.24, 2.45) is 17.8 Å². The number of fused-ring (bicyclic) bond motifs is 1. The minimum absolute atomic E-state index is 0.0333. The number of alkyl halides is 6. The first-order valence-corrected chi connectivity index (χ1v) is 11.2. The molecule has 0 aliphatic carbocycles. The fourth-order valence-corrected chi connectivity index (χ4v) is 3.91.